The van der Waals surface area contributed by atoms with Crippen molar-refractivity contribution in [3.8, 4) is 11.4 Å². The first-order valence-electron chi connectivity index (χ1n) is 6.66. The lowest BCUT2D eigenvalue weighted by Crippen LogP contribution is -2.40. The van der Waals surface area contributed by atoms with Gasteiger partial charge in [-0.2, -0.15) is 4.98 Å². The Hall–Kier alpha value is -1.95. The number of carbonyl (C=O) groups is 1. The maximum Gasteiger partial charge on any atom is 0.246 e. The summed E-state index contributed by atoms with van der Waals surface area (Å²) in [4.78, 5) is 22.0. The third-order valence-electron chi connectivity index (χ3n) is 2.94. The van der Waals surface area contributed by atoms with Crippen LogP contribution in [0.2, 0.25) is 0 Å². The summed E-state index contributed by atoms with van der Waals surface area (Å²) in [6.07, 6.45) is 3.33. The van der Waals surface area contributed by atoms with Crippen molar-refractivity contribution in [2.45, 2.75) is 38.7 Å². The number of rotatable bonds is 5. The van der Waals surface area contributed by atoms with E-state index >= 15 is 0 Å². The van der Waals surface area contributed by atoms with Crippen molar-refractivity contribution >= 4 is 17.5 Å². The highest BCUT2D eigenvalue weighted by Crippen LogP contribution is 2.16. The van der Waals surface area contributed by atoms with Gasteiger partial charge in [0, 0.05) is 24.0 Å². The third kappa shape index (κ3) is 3.78. The van der Waals surface area contributed by atoms with Crippen LogP contribution in [0.5, 0.6) is 0 Å². The van der Waals surface area contributed by atoms with E-state index in [2.05, 4.69) is 15.1 Å². The van der Waals surface area contributed by atoms with Crippen LogP contribution in [0, 0.1) is 0 Å². The first-order chi connectivity index (χ1) is 9.99. The molecular formula is C14H17ClN4O2. The summed E-state index contributed by atoms with van der Waals surface area (Å²) in [5, 5.41) is 3.32. The number of aromatic nitrogens is 3. The minimum atomic E-state index is -0.590. The first kappa shape index (κ1) is 15.4. The van der Waals surface area contributed by atoms with Gasteiger partial charge >= 0.3 is 0 Å². The second kappa shape index (κ2) is 6.67. The van der Waals surface area contributed by atoms with Gasteiger partial charge in [-0.05, 0) is 32.9 Å². The summed E-state index contributed by atoms with van der Waals surface area (Å²) < 4.78 is 5.20. The summed E-state index contributed by atoms with van der Waals surface area (Å²) in [5.41, 5.74) is 0.764. The van der Waals surface area contributed by atoms with Crippen molar-refractivity contribution in [2.24, 2.45) is 0 Å². The maximum absolute atomic E-state index is 12.1. The van der Waals surface area contributed by atoms with Gasteiger partial charge < -0.3 is 9.42 Å². The van der Waals surface area contributed by atoms with Crippen LogP contribution < -0.4 is 0 Å². The molecule has 0 saturated carbocycles. The number of nitrogens with zero attached hydrogens (tertiary/aromatic N) is 4. The Morgan fingerprint density at radius 1 is 1.43 bits per heavy atom. The van der Waals surface area contributed by atoms with E-state index in [1.807, 2.05) is 19.9 Å². The molecule has 2 rings (SSSR count). The smallest absolute Gasteiger partial charge is 0.246 e. The Bertz CT molecular complexity index is 598. The van der Waals surface area contributed by atoms with E-state index in [9.17, 15) is 4.79 Å². The van der Waals surface area contributed by atoms with Crippen molar-refractivity contribution < 1.29 is 9.32 Å². The molecule has 1 amide bonds. The SMILES string of the molecule is CC(Cl)C(=O)N(Cc1nc(-c2cccnc2)no1)C(C)C. The lowest BCUT2D eigenvalue weighted by Gasteiger charge is -2.26. The Balaban J connectivity index is 2.16. The molecule has 0 N–H and O–H groups in total. The molecule has 0 fully saturated rings. The second-order valence-electron chi connectivity index (χ2n) is 4.93. The minimum Gasteiger partial charge on any atom is -0.337 e. The molecule has 112 valence electrons. The van der Waals surface area contributed by atoms with E-state index in [1.54, 1.807) is 30.3 Å². The van der Waals surface area contributed by atoms with Gasteiger partial charge in [-0.3, -0.25) is 9.78 Å². The van der Waals surface area contributed by atoms with Crippen LogP contribution in [0.4, 0.5) is 0 Å². The zero-order chi connectivity index (χ0) is 15.4. The largest absolute Gasteiger partial charge is 0.337 e. The lowest BCUT2D eigenvalue weighted by molar-refractivity contribution is -0.133. The van der Waals surface area contributed by atoms with Crippen LogP contribution in [0.3, 0.4) is 0 Å². The highest BCUT2D eigenvalue weighted by Gasteiger charge is 2.23. The summed E-state index contributed by atoms with van der Waals surface area (Å²) in [7, 11) is 0. The zero-order valence-corrected chi connectivity index (χ0v) is 12.9. The summed E-state index contributed by atoms with van der Waals surface area (Å²) in [5.74, 6) is 0.661. The molecule has 0 spiro atoms. The van der Waals surface area contributed by atoms with Crippen molar-refractivity contribution in [1.82, 2.24) is 20.0 Å². The Morgan fingerprint density at radius 3 is 2.76 bits per heavy atom. The zero-order valence-electron chi connectivity index (χ0n) is 12.2. The topological polar surface area (TPSA) is 72.1 Å². The van der Waals surface area contributed by atoms with Crippen LogP contribution in [0.1, 0.15) is 26.7 Å². The monoisotopic (exact) mass is 308 g/mol. The maximum atomic E-state index is 12.1. The minimum absolute atomic E-state index is 0.00700. The molecule has 0 aliphatic heterocycles. The Labute approximate surface area is 128 Å². The Kier molecular flexibility index (Phi) is 4.90. The predicted octanol–water partition coefficient (Wildman–Crippen LogP) is 2.50. The standard InChI is InChI=1S/C14H17ClN4O2/c1-9(2)19(14(20)10(3)15)8-12-17-13(18-21-12)11-5-4-6-16-7-11/h4-7,9-10H,8H2,1-3H3. The van der Waals surface area contributed by atoms with Crippen LogP contribution in [0.15, 0.2) is 29.0 Å². The van der Waals surface area contributed by atoms with Crippen molar-refractivity contribution in [3.63, 3.8) is 0 Å². The van der Waals surface area contributed by atoms with Gasteiger partial charge in [-0.15, -0.1) is 11.6 Å². The fourth-order valence-electron chi connectivity index (χ4n) is 1.82. The number of amides is 1. The first-order valence-corrected chi connectivity index (χ1v) is 7.10. The van der Waals surface area contributed by atoms with Crippen LogP contribution in [0.25, 0.3) is 11.4 Å². The van der Waals surface area contributed by atoms with E-state index in [0.29, 0.717) is 11.7 Å². The normalized spacial score (nSPS) is 12.4. The molecule has 21 heavy (non-hydrogen) atoms. The fraction of sp³-hybridized carbons (Fsp3) is 0.429. The molecule has 0 aliphatic rings. The number of alkyl halides is 1. The molecule has 1 unspecified atom stereocenters. The van der Waals surface area contributed by atoms with Crippen LogP contribution in [-0.4, -0.2) is 37.4 Å². The molecular weight excluding hydrogens is 292 g/mol. The highest BCUT2D eigenvalue weighted by molar-refractivity contribution is 6.30. The summed E-state index contributed by atoms with van der Waals surface area (Å²) in [6.45, 7) is 5.71. The van der Waals surface area contributed by atoms with Gasteiger partial charge in [-0.25, -0.2) is 0 Å². The molecule has 1 atom stereocenters. The third-order valence-corrected chi connectivity index (χ3v) is 3.13. The summed E-state index contributed by atoms with van der Waals surface area (Å²) >= 11 is 5.87. The molecule has 0 radical (unpaired) electrons. The van der Waals surface area contributed by atoms with E-state index in [1.165, 1.54) is 0 Å². The van der Waals surface area contributed by atoms with E-state index < -0.39 is 5.38 Å². The summed E-state index contributed by atoms with van der Waals surface area (Å²) in [6, 6.07) is 3.63. The van der Waals surface area contributed by atoms with E-state index in [0.717, 1.165) is 5.56 Å². The van der Waals surface area contributed by atoms with Gasteiger partial charge in [0.25, 0.3) is 0 Å². The average molecular weight is 309 g/mol. The molecule has 0 aromatic carbocycles. The van der Waals surface area contributed by atoms with Gasteiger partial charge in [0.15, 0.2) is 0 Å². The van der Waals surface area contributed by atoms with Crippen molar-refractivity contribution in [2.75, 3.05) is 0 Å². The molecule has 0 aliphatic carbocycles. The molecule has 7 heteroatoms. The quantitative estimate of drug-likeness (QED) is 0.794. The van der Waals surface area contributed by atoms with Crippen LogP contribution in [-0.2, 0) is 11.3 Å². The van der Waals surface area contributed by atoms with Gasteiger partial charge in [0.1, 0.15) is 11.9 Å². The number of carbonyl (C=O) groups excluding carboxylic acids is 1. The molecule has 2 aromatic rings. The molecule has 6 nitrogen and oxygen atoms in total. The number of pyridine rings is 1. The second-order valence-corrected chi connectivity index (χ2v) is 5.58. The number of halogens is 1. The van der Waals surface area contributed by atoms with E-state index in [-0.39, 0.29) is 18.5 Å². The average Bonchev–Trinajstić information content (AvgIpc) is 2.93. The Morgan fingerprint density at radius 2 is 2.19 bits per heavy atom. The number of hydrogen-bond acceptors (Lipinski definition) is 5. The van der Waals surface area contributed by atoms with Gasteiger partial charge in [0.2, 0.25) is 17.6 Å². The fourth-order valence-corrected chi connectivity index (χ4v) is 1.95. The molecule has 2 aromatic heterocycles. The van der Waals surface area contributed by atoms with Gasteiger partial charge in [-0.1, -0.05) is 5.16 Å². The van der Waals surface area contributed by atoms with Crippen molar-refractivity contribution in [3.05, 3.63) is 30.4 Å². The molecule has 2 heterocycles. The van der Waals surface area contributed by atoms with Crippen LogP contribution >= 0.6 is 11.6 Å². The highest BCUT2D eigenvalue weighted by atomic mass is 35.5. The molecule has 0 bridgehead atoms. The van der Waals surface area contributed by atoms with Crippen molar-refractivity contribution in [1.29, 1.82) is 0 Å². The number of hydrogen-bond donors (Lipinski definition) is 0. The molecule has 0 saturated heterocycles. The predicted molar refractivity (Wildman–Crippen MR) is 78.5 cm³/mol. The van der Waals surface area contributed by atoms with E-state index in [4.69, 9.17) is 16.1 Å². The lowest BCUT2D eigenvalue weighted by atomic mass is 10.2. The van der Waals surface area contributed by atoms with Gasteiger partial charge in [0.05, 0.1) is 0 Å².